The van der Waals surface area contributed by atoms with E-state index in [9.17, 15) is 0 Å². The van der Waals surface area contributed by atoms with Crippen molar-refractivity contribution in [1.82, 2.24) is 0 Å². The third-order valence-corrected chi connectivity index (χ3v) is 0.875. The van der Waals surface area contributed by atoms with Crippen molar-refractivity contribution in [2.75, 3.05) is 0 Å². The zero-order chi connectivity index (χ0) is 7.49. The molecule has 9 heavy (non-hydrogen) atoms. The van der Waals surface area contributed by atoms with E-state index in [4.69, 9.17) is 5.11 Å². The van der Waals surface area contributed by atoms with Crippen LogP contribution in [0.5, 0.6) is 0 Å². The van der Waals surface area contributed by atoms with Crippen LogP contribution in [0.25, 0.3) is 0 Å². The highest BCUT2D eigenvalue weighted by Crippen LogP contribution is 2.14. The highest BCUT2D eigenvalue weighted by molar-refractivity contribution is 4.94. The van der Waals surface area contributed by atoms with Gasteiger partial charge in [0.05, 0.1) is 6.10 Å². The Morgan fingerprint density at radius 2 is 1.78 bits per heavy atom. The summed E-state index contributed by atoms with van der Waals surface area (Å²) in [4.78, 5) is 0. The van der Waals surface area contributed by atoms with Gasteiger partial charge < -0.3 is 5.11 Å². The van der Waals surface area contributed by atoms with Crippen molar-refractivity contribution in [3.8, 4) is 0 Å². The summed E-state index contributed by atoms with van der Waals surface area (Å²) in [5.41, 5.74) is 0.191. The van der Waals surface area contributed by atoms with Crippen molar-refractivity contribution in [2.24, 2.45) is 5.41 Å². The summed E-state index contributed by atoms with van der Waals surface area (Å²) < 4.78 is 0. The maximum atomic E-state index is 8.83. The molecular weight excluding hydrogens is 112 g/mol. The zero-order valence-electron chi connectivity index (χ0n) is 6.68. The first-order chi connectivity index (χ1) is 3.92. The van der Waals surface area contributed by atoms with Crippen molar-refractivity contribution >= 4 is 0 Å². The number of aliphatic hydroxyl groups excluding tert-OH is 1. The Morgan fingerprint density at radius 3 is 1.89 bits per heavy atom. The number of aliphatic hydroxyl groups is 1. The summed E-state index contributed by atoms with van der Waals surface area (Å²) >= 11 is 0. The molecule has 1 atom stereocenters. The third kappa shape index (κ3) is 7.70. The van der Waals surface area contributed by atoms with Gasteiger partial charge in [-0.15, -0.1) is 0 Å². The van der Waals surface area contributed by atoms with E-state index in [1.807, 2.05) is 6.08 Å². The molecule has 0 aromatic carbocycles. The second-order valence-electron chi connectivity index (χ2n) is 3.47. The average Bonchev–Trinajstić information content (AvgIpc) is 1.59. The molecule has 0 heterocycles. The topological polar surface area (TPSA) is 20.2 Å². The molecule has 54 valence electrons. The van der Waals surface area contributed by atoms with Crippen LogP contribution in [0.2, 0.25) is 0 Å². The molecule has 1 nitrogen and oxygen atoms in total. The quantitative estimate of drug-likeness (QED) is 0.535. The van der Waals surface area contributed by atoms with E-state index in [0.29, 0.717) is 0 Å². The summed E-state index contributed by atoms with van der Waals surface area (Å²) in [6.45, 7) is 8.06. The lowest BCUT2D eigenvalue weighted by Gasteiger charge is -2.11. The molecule has 0 saturated heterocycles. The summed E-state index contributed by atoms with van der Waals surface area (Å²) in [5.74, 6) is 0. The van der Waals surface area contributed by atoms with Crippen molar-refractivity contribution in [3.63, 3.8) is 0 Å². The molecule has 1 heteroatoms. The fourth-order valence-electron chi connectivity index (χ4n) is 0.428. The molecule has 0 aromatic heterocycles. The van der Waals surface area contributed by atoms with E-state index in [2.05, 4.69) is 20.8 Å². The number of rotatable bonds is 1. The molecule has 0 bridgehead atoms. The second-order valence-corrected chi connectivity index (χ2v) is 3.47. The molecular formula is C8H16O. The Hall–Kier alpha value is -0.300. The second kappa shape index (κ2) is 3.02. The predicted octanol–water partition coefficient (Wildman–Crippen LogP) is 1.97. The highest BCUT2D eigenvalue weighted by atomic mass is 16.3. The van der Waals surface area contributed by atoms with Gasteiger partial charge >= 0.3 is 0 Å². The third-order valence-electron chi connectivity index (χ3n) is 0.875. The van der Waals surface area contributed by atoms with E-state index in [1.165, 1.54) is 0 Å². The van der Waals surface area contributed by atoms with Gasteiger partial charge in [-0.1, -0.05) is 32.9 Å². The van der Waals surface area contributed by atoms with E-state index in [1.54, 1.807) is 13.0 Å². The fourth-order valence-corrected chi connectivity index (χ4v) is 0.428. The van der Waals surface area contributed by atoms with Crippen LogP contribution in [0.4, 0.5) is 0 Å². The van der Waals surface area contributed by atoms with Gasteiger partial charge in [0.1, 0.15) is 0 Å². The van der Waals surface area contributed by atoms with E-state index >= 15 is 0 Å². The summed E-state index contributed by atoms with van der Waals surface area (Å²) in [7, 11) is 0. The van der Waals surface area contributed by atoms with Gasteiger partial charge in [0, 0.05) is 0 Å². The Kier molecular flexibility index (Phi) is 2.92. The fraction of sp³-hybridized carbons (Fsp3) is 0.750. The predicted molar refractivity (Wildman–Crippen MR) is 40.3 cm³/mol. The van der Waals surface area contributed by atoms with E-state index < -0.39 is 0 Å². The molecule has 0 aliphatic heterocycles. The van der Waals surface area contributed by atoms with Crippen LogP contribution in [-0.2, 0) is 0 Å². The summed E-state index contributed by atoms with van der Waals surface area (Å²) in [5, 5.41) is 8.83. The van der Waals surface area contributed by atoms with Crippen LogP contribution in [0.1, 0.15) is 27.7 Å². The minimum Gasteiger partial charge on any atom is -0.389 e. The maximum absolute atomic E-state index is 8.83. The van der Waals surface area contributed by atoms with Crippen molar-refractivity contribution < 1.29 is 5.11 Å². The molecule has 0 aromatic rings. The Labute approximate surface area is 57.4 Å². The smallest absolute Gasteiger partial charge is 0.0692 e. The number of hydrogen-bond donors (Lipinski definition) is 1. The molecule has 0 rings (SSSR count). The van der Waals surface area contributed by atoms with Gasteiger partial charge in [-0.2, -0.15) is 0 Å². The Bertz CT molecular complexity index is 95.6. The molecule has 0 fully saturated rings. The van der Waals surface area contributed by atoms with Crippen LogP contribution in [0.15, 0.2) is 12.2 Å². The first-order valence-corrected chi connectivity index (χ1v) is 3.29. The molecule has 1 N–H and O–H groups in total. The Balaban J connectivity index is 3.71. The highest BCUT2D eigenvalue weighted by Gasteiger charge is 2.03. The lowest BCUT2D eigenvalue weighted by molar-refractivity contribution is 0.242. The first-order valence-electron chi connectivity index (χ1n) is 3.29. The van der Waals surface area contributed by atoms with Crippen molar-refractivity contribution in [1.29, 1.82) is 0 Å². The van der Waals surface area contributed by atoms with Crippen LogP contribution >= 0.6 is 0 Å². The standard InChI is InChI=1S/C8H16O/c1-7(9)5-6-8(2,3)4/h5-7,9H,1-4H3. The van der Waals surface area contributed by atoms with E-state index in [-0.39, 0.29) is 11.5 Å². The van der Waals surface area contributed by atoms with E-state index in [0.717, 1.165) is 0 Å². The summed E-state index contributed by atoms with van der Waals surface area (Å²) in [6, 6.07) is 0. The maximum Gasteiger partial charge on any atom is 0.0692 e. The monoisotopic (exact) mass is 128 g/mol. The first kappa shape index (κ1) is 8.70. The van der Waals surface area contributed by atoms with Crippen LogP contribution in [0.3, 0.4) is 0 Å². The lowest BCUT2D eigenvalue weighted by Crippen LogP contribution is -2.01. The normalized spacial score (nSPS) is 16.6. The molecule has 0 radical (unpaired) electrons. The molecule has 0 amide bonds. The SMILES string of the molecule is CC(O)C=CC(C)(C)C. The van der Waals surface area contributed by atoms with Crippen molar-refractivity contribution in [3.05, 3.63) is 12.2 Å². The van der Waals surface area contributed by atoms with Gasteiger partial charge in [-0.3, -0.25) is 0 Å². The molecule has 0 aliphatic carbocycles. The average molecular weight is 128 g/mol. The molecule has 1 unspecified atom stereocenters. The van der Waals surface area contributed by atoms with Gasteiger partial charge in [0.15, 0.2) is 0 Å². The largest absolute Gasteiger partial charge is 0.389 e. The minimum atomic E-state index is -0.316. The number of hydrogen-bond acceptors (Lipinski definition) is 1. The minimum absolute atomic E-state index is 0.191. The van der Waals surface area contributed by atoms with Crippen molar-refractivity contribution in [2.45, 2.75) is 33.8 Å². The van der Waals surface area contributed by atoms with Gasteiger partial charge in [0.2, 0.25) is 0 Å². The van der Waals surface area contributed by atoms with Crippen LogP contribution in [0, 0.1) is 5.41 Å². The molecule has 0 spiro atoms. The number of allylic oxidation sites excluding steroid dienone is 1. The van der Waals surface area contributed by atoms with Crippen LogP contribution in [-0.4, -0.2) is 11.2 Å². The zero-order valence-corrected chi connectivity index (χ0v) is 6.68. The molecule has 0 saturated carbocycles. The van der Waals surface area contributed by atoms with Gasteiger partial charge in [0.25, 0.3) is 0 Å². The lowest BCUT2D eigenvalue weighted by atomic mass is 9.96. The molecule has 0 aliphatic rings. The summed E-state index contributed by atoms with van der Waals surface area (Å²) in [6.07, 6.45) is 3.50. The Morgan fingerprint density at radius 1 is 1.33 bits per heavy atom. The van der Waals surface area contributed by atoms with Gasteiger partial charge in [-0.05, 0) is 12.3 Å². The van der Waals surface area contributed by atoms with Gasteiger partial charge in [-0.25, -0.2) is 0 Å². The van der Waals surface area contributed by atoms with Crippen LogP contribution < -0.4 is 0 Å².